The average molecular weight is 507 g/mol. The standard InChI is InChI=1S/C30H38N2O3S/c1-5-8-10-21-18-24-26-29(36-27(24)25(33)19-21)31-28(22(7-3)11-9-6-2)32(30(26)34)17-16-20-12-14-23(35-4)15-13-20/h12-15,18-19,22,33H,5-11,16-17H2,1-4H3. The number of thiophene rings is 1. The van der Waals surface area contributed by atoms with Crippen molar-refractivity contribution in [3.63, 3.8) is 0 Å². The highest BCUT2D eigenvalue weighted by Crippen LogP contribution is 2.39. The van der Waals surface area contributed by atoms with Gasteiger partial charge in [-0.3, -0.25) is 9.36 Å². The van der Waals surface area contributed by atoms with E-state index < -0.39 is 0 Å². The SMILES string of the molecule is CCCCc1cc(O)c2sc3nc(C(CC)CCCC)n(CCc4ccc(OC)cc4)c(=O)c3c2c1. The van der Waals surface area contributed by atoms with Gasteiger partial charge in [0.1, 0.15) is 22.2 Å². The second-order valence-corrected chi connectivity index (χ2v) is 10.6. The van der Waals surface area contributed by atoms with Crippen LogP contribution in [0.1, 0.15) is 82.2 Å². The van der Waals surface area contributed by atoms with Gasteiger partial charge in [0.15, 0.2) is 0 Å². The number of aromatic hydroxyl groups is 1. The predicted molar refractivity (Wildman–Crippen MR) is 151 cm³/mol. The lowest BCUT2D eigenvalue weighted by Gasteiger charge is -2.20. The topological polar surface area (TPSA) is 64.3 Å². The highest BCUT2D eigenvalue weighted by atomic mass is 32.1. The molecule has 0 amide bonds. The molecule has 0 bridgehead atoms. The Morgan fingerprint density at radius 2 is 1.78 bits per heavy atom. The molecule has 0 aliphatic carbocycles. The molecule has 1 unspecified atom stereocenters. The van der Waals surface area contributed by atoms with Crippen molar-refractivity contribution < 1.29 is 9.84 Å². The maximum atomic E-state index is 14.1. The average Bonchev–Trinajstić information content (AvgIpc) is 3.27. The molecule has 2 aromatic heterocycles. The molecule has 1 atom stereocenters. The molecule has 0 saturated carbocycles. The van der Waals surface area contributed by atoms with E-state index in [0.29, 0.717) is 11.9 Å². The van der Waals surface area contributed by atoms with E-state index in [-0.39, 0.29) is 17.2 Å². The molecule has 5 nitrogen and oxygen atoms in total. The first-order valence-electron chi connectivity index (χ1n) is 13.3. The number of unbranched alkanes of at least 4 members (excludes halogenated alkanes) is 2. The largest absolute Gasteiger partial charge is 0.506 e. The van der Waals surface area contributed by atoms with Crippen molar-refractivity contribution in [1.82, 2.24) is 9.55 Å². The van der Waals surface area contributed by atoms with E-state index in [1.54, 1.807) is 7.11 Å². The van der Waals surface area contributed by atoms with Crippen LogP contribution in [0.15, 0.2) is 41.2 Å². The summed E-state index contributed by atoms with van der Waals surface area (Å²) < 4.78 is 7.97. The number of hydrogen-bond donors (Lipinski definition) is 1. The van der Waals surface area contributed by atoms with Crippen molar-refractivity contribution in [2.75, 3.05) is 7.11 Å². The number of benzene rings is 2. The summed E-state index contributed by atoms with van der Waals surface area (Å²) >= 11 is 1.44. The van der Waals surface area contributed by atoms with Gasteiger partial charge in [-0.1, -0.05) is 52.2 Å². The zero-order valence-electron chi connectivity index (χ0n) is 22.0. The molecule has 2 heterocycles. The zero-order chi connectivity index (χ0) is 25.7. The minimum Gasteiger partial charge on any atom is -0.506 e. The smallest absolute Gasteiger partial charge is 0.262 e. The highest BCUT2D eigenvalue weighted by molar-refractivity contribution is 7.25. The van der Waals surface area contributed by atoms with Crippen LogP contribution in [0.2, 0.25) is 0 Å². The van der Waals surface area contributed by atoms with Gasteiger partial charge in [0.05, 0.1) is 17.2 Å². The van der Waals surface area contributed by atoms with Gasteiger partial charge in [0, 0.05) is 17.8 Å². The summed E-state index contributed by atoms with van der Waals surface area (Å²) in [6.07, 6.45) is 7.96. The molecule has 0 radical (unpaired) electrons. The molecular formula is C30H38N2O3S. The number of fused-ring (bicyclic) bond motifs is 3. The molecule has 4 rings (SSSR count). The molecule has 0 fully saturated rings. The Morgan fingerprint density at radius 3 is 2.44 bits per heavy atom. The number of phenols is 1. The number of aryl methyl sites for hydroxylation is 2. The Balaban J connectivity index is 1.85. The van der Waals surface area contributed by atoms with E-state index in [9.17, 15) is 9.90 Å². The number of rotatable bonds is 12. The number of ether oxygens (including phenoxy) is 1. The summed E-state index contributed by atoms with van der Waals surface area (Å²) in [6.45, 7) is 7.12. The van der Waals surface area contributed by atoms with Crippen LogP contribution in [0.3, 0.4) is 0 Å². The maximum Gasteiger partial charge on any atom is 0.262 e. The van der Waals surface area contributed by atoms with Crippen molar-refractivity contribution in [3.8, 4) is 11.5 Å². The summed E-state index contributed by atoms with van der Waals surface area (Å²) in [5, 5.41) is 12.3. The highest BCUT2D eigenvalue weighted by Gasteiger charge is 2.22. The predicted octanol–water partition coefficient (Wildman–Crippen LogP) is 7.59. The zero-order valence-corrected chi connectivity index (χ0v) is 22.8. The second kappa shape index (κ2) is 11.9. The number of methoxy groups -OCH3 is 1. The van der Waals surface area contributed by atoms with Crippen molar-refractivity contribution in [3.05, 3.63) is 63.7 Å². The van der Waals surface area contributed by atoms with Crippen LogP contribution in [0.4, 0.5) is 0 Å². The minimum absolute atomic E-state index is 0.0109. The Kier molecular flexibility index (Phi) is 8.68. The summed E-state index contributed by atoms with van der Waals surface area (Å²) in [5.41, 5.74) is 2.24. The molecular weight excluding hydrogens is 468 g/mol. The minimum atomic E-state index is 0.0109. The summed E-state index contributed by atoms with van der Waals surface area (Å²) in [6, 6.07) is 12.0. The van der Waals surface area contributed by atoms with Crippen molar-refractivity contribution in [1.29, 1.82) is 0 Å². The molecule has 6 heteroatoms. The van der Waals surface area contributed by atoms with Crippen LogP contribution in [-0.2, 0) is 19.4 Å². The third-order valence-corrected chi connectivity index (χ3v) is 8.25. The monoisotopic (exact) mass is 506 g/mol. The number of aromatic nitrogens is 2. The lowest BCUT2D eigenvalue weighted by Crippen LogP contribution is -2.27. The molecule has 0 aliphatic heterocycles. The Labute approximate surface area is 217 Å². The lowest BCUT2D eigenvalue weighted by atomic mass is 9.97. The van der Waals surface area contributed by atoms with E-state index >= 15 is 0 Å². The molecule has 36 heavy (non-hydrogen) atoms. The summed E-state index contributed by atoms with van der Waals surface area (Å²) in [7, 11) is 1.67. The van der Waals surface area contributed by atoms with Gasteiger partial charge >= 0.3 is 0 Å². The summed E-state index contributed by atoms with van der Waals surface area (Å²) in [4.78, 5) is 20.0. The van der Waals surface area contributed by atoms with Gasteiger partial charge in [0.2, 0.25) is 0 Å². The van der Waals surface area contributed by atoms with Gasteiger partial charge < -0.3 is 9.84 Å². The molecule has 0 saturated heterocycles. The van der Waals surface area contributed by atoms with Crippen LogP contribution in [0.25, 0.3) is 20.3 Å². The van der Waals surface area contributed by atoms with E-state index in [0.717, 1.165) is 89.0 Å². The van der Waals surface area contributed by atoms with Crippen LogP contribution >= 0.6 is 11.3 Å². The van der Waals surface area contributed by atoms with Crippen molar-refractivity contribution in [2.45, 2.75) is 84.6 Å². The molecule has 1 N–H and O–H groups in total. The quantitative estimate of drug-likeness (QED) is 0.215. The van der Waals surface area contributed by atoms with Crippen LogP contribution in [0.5, 0.6) is 11.5 Å². The molecule has 0 aliphatic rings. The van der Waals surface area contributed by atoms with Crippen molar-refractivity contribution >= 4 is 31.6 Å². The number of phenolic OH excluding ortho intramolecular Hbond substituents is 1. The lowest BCUT2D eigenvalue weighted by molar-refractivity contribution is 0.414. The van der Waals surface area contributed by atoms with Gasteiger partial charge in [-0.05, 0) is 67.5 Å². The van der Waals surface area contributed by atoms with Gasteiger partial charge in [-0.25, -0.2) is 4.98 Å². The number of hydrogen-bond acceptors (Lipinski definition) is 5. The summed E-state index contributed by atoms with van der Waals surface area (Å²) in [5.74, 6) is 2.20. The first kappa shape index (κ1) is 26.2. The fraction of sp³-hybridized carbons (Fsp3) is 0.467. The van der Waals surface area contributed by atoms with Crippen LogP contribution < -0.4 is 10.3 Å². The number of nitrogens with zero attached hydrogens (tertiary/aromatic N) is 2. The van der Waals surface area contributed by atoms with Crippen molar-refractivity contribution in [2.24, 2.45) is 0 Å². The van der Waals surface area contributed by atoms with E-state index in [2.05, 4.69) is 39.0 Å². The maximum absolute atomic E-state index is 14.1. The first-order chi connectivity index (χ1) is 17.5. The van der Waals surface area contributed by atoms with Crippen LogP contribution in [-0.4, -0.2) is 21.8 Å². The van der Waals surface area contributed by atoms with Gasteiger partial charge in [-0.15, -0.1) is 11.3 Å². The second-order valence-electron chi connectivity index (χ2n) is 9.65. The molecule has 4 aromatic rings. The normalized spacial score (nSPS) is 12.4. The molecule has 0 spiro atoms. The van der Waals surface area contributed by atoms with Gasteiger partial charge in [0.25, 0.3) is 5.56 Å². The van der Waals surface area contributed by atoms with E-state index in [1.807, 2.05) is 22.8 Å². The third-order valence-electron chi connectivity index (χ3n) is 7.13. The van der Waals surface area contributed by atoms with E-state index in [4.69, 9.17) is 9.72 Å². The van der Waals surface area contributed by atoms with Crippen LogP contribution in [0, 0.1) is 0 Å². The first-order valence-corrected chi connectivity index (χ1v) is 14.1. The Morgan fingerprint density at radius 1 is 1.03 bits per heavy atom. The van der Waals surface area contributed by atoms with Gasteiger partial charge in [-0.2, -0.15) is 0 Å². The van der Waals surface area contributed by atoms with E-state index in [1.165, 1.54) is 11.3 Å². The Hall–Kier alpha value is -2.86. The fourth-order valence-corrected chi connectivity index (χ4v) is 6.04. The fourth-order valence-electron chi connectivity index (χ4n) is 4.97. The molecule has 192 valence electrons. The molecule has 2 aromatic carbocycles. The third kappa shape index (κ3) is 5.44. The Bertz CT molecular complexity index is 1370.